The standard InChI is InChI=1S/C16H13ClN4O/c17-15-14(11-20-21(15)13-6-2-1-3-7-13)16(22)19-10-12-5-4-8-18-9-12/h1-9,11H,10H2,(H,19,22). The number of amides is 1. The van der Waals surface area contributed by atoms with Crippen molar-refractivity contribution in [3.05, 3.63) is 77.3 Å². The topological polar surface area (TPSA) is 59.8 Å². The number of aromatic nitrogens is 3. The lowest BCUT2D eigenvalue weighted by Gasteiger charge is -2.05. The van der Waals surface area contributed by atoms with Crippen LogP contribution in [0.4, 0.5) is 0 Å². The molecule has 1 N–H and O–H groups in total. The highest BCUT2D eigenvalue weighted by Gasteiger charge is 2.16. The van der Waals surface area contributed by atoms with E-state index in [2.05, 4.69) is 15.4 Å². The van der Waals surface area contributed by atoms with Crippen molar-refractivity contribution in [1.82, 2.24) is 20.1 Å². The molecule has 2 aromatic heterocycles. The van der Waals surface area contributed by atoms with Gasteiger partial charge in [-0.3, -0.25) is 9.78 Å². The van der Waals surface area contributed by atoms with Crippen LogP contribution in [0.3, 0.4) is 0 Å². The molecule has 0 atom stereocenters. The summed E-state index contributed by atoms with van der Waals surface area (Å²) in [6.07, 6.45) is 4.86. The number of rotatable bonds is 4. The van der Waals surface area contributed by atoms with E-state index in [0.717, 1.165) is 11.3 Å². The lowest BCUT2D eigenvalue weighted by molar-refractivity contribution is 0.0951. The molecule has 0 unspecified atom stereocenters. The lowest BCUT2D eigenvalue weighted by atomic mass is 10.2. The van der Waals surface area contributed by atoms with Crippen LogP contribution in [-0.4, -0.2) is 20.7 Å². The van der Waals surface area contributed by atoms with Gasteiger partial charge in [0, 0.05) is 18.9 Å². The highest BCUT2D eigenvalue weighted by atomic mass is 35.5. The van der Waals surface area contributed by atoms with Gasteiger partial charge in [-0.15, -0.1) is 0 Å². The van der Waals surface area contributed by atoms with Crippen molar-refractivity contribution < 1.29 is 4.79 Å². The average molecular weight is 313 g/mol. The minimum absolute atomic E-state index is 0.268. The number of pyridine rings is 1. The Morgan fingerprint density at radius 1 is 1.14 bits per heavy atom. The zero-order valence-corrected chi connectivity index (χ0v) is 12.4. The minimum atomic E-state index is -0.268. The maximum atomic E-state index is 12.2. The lowest BCUT2D eigenvalue weighted by Crippen LogP contribution is -2.22. The summed E-state index contributed by atoms with van der Waals surface area (Å²) in [6, 6.07) is 13.1. The quantitative estimate of drug-likeness (QED) is 0.806. The van der Waals surface area contributed by atoms with E-state index in [9.17, 15) is 4.79 Å². The van der Waals surface area contributed by atoms with E-state index >= 15 is 0 Å². The maximum Gasteiger partial charge on any atom is 0.256 e. The van der Waals surface area contributed by atoms with E-state index in [-0.39, 0.29) is 11.1 Å². The van der Waals surface area contributed by atoms with Crippen LogP contribution in [0.2, 0.25) is 5.15 Å². The fraction of sp³-hybridized carbons (Fsp3) is 0.0625. The van der Waals surface area contributed by atoms with Crippen LogP contribution in [0.15, 0.2) is 61.1 Å². The molecule has 0 fully saturated rings. The van der Waals surface area contributed by atoms with Gasteiger partial charge < -0.3 is 5.32 Å². The van der Waals surface area contributed by atoms with Gasteiger partial charge in [0.15, 0.2) is 0 Å². The van der Waals surface area contributed by atoms with Gasteiger partial charge in [0.2, 0.25) is 0 Å². The summed E-state index contributed by atoms with van der Waals surface area (Å²) < 4.78 is 1.53. The molecule has 3 aromatic rings. The summed E-state index contributed by atoms with van der Waals surface area (Å²) >= 11 is 6.26. The van der Waals surface area contributed by atoms with Crippen molar-refractivity contribution in [2.24, 2.45) is 0 Å². The molecule has 2 heterocycles. The molecule has 5 nitrogen and oxygen atoms in total. The van der Waals surface area contributed by atoms with Gasteiger partial charge in [-0.25, -0.2) is 4.68 Å². The van der Waals surface area contributed by atoms with Gasteiger partial charge in [-0.1, -0.05) is 35.9 Å². The zero-order valence-electron chi connectivity index (χ0n) is 11.6. The van der Waals surface area contributed by atoms with Gasteiger partial charge >= 0.3 is 0 Å². The molecule has 0 radical (unpaired) electrons. The Labute approximate surface area is 132 Å². The Hall–Kier alpha value is -2.66. The first-order valence-electron chi connectivity index (χ1n) is 6.72. The molecule has 0 saturated heterocycles. The predicted octanol–water partition coefficient (Wildman–Crippen LogP) is 2.85. The summed E-state index contributed by atoms with van der Waals surface area (Å²) in [5.41, 5.74) is 2.07. The number of carbonyl (C=O) groups is 1. The molecule has 0 aliphatic heterocycles. The van der Waals surface area contributed by atoms with Crippen molar-refractivity contribution in [2.45, 2.75) is 6.54 Å². The fourth-order valence-electron chi connectivity index (χ4n) is 2.02. The minimum Gasteiger partial charge on any atom is -0.348 e. The molecular formula is C16H13ClN4O. The van der Waals surface area contributed by atoms with E-state index in [1.165, 1.54) is 10.9 Å². The Balaban J connectivity index is 1.75. The summed E-state index contributed by atoms with van der Waals surface area (Å²) in [5.74, 6) is -0.268. The highest BCUT2D eigenvalue weighted by Crippen LogP contribution is 2.19. The van der Waals surface area contributed by atoms with Crippen molar-refractivity contribution >= 4 is 17.5 Å². The number of carbonyl (C=O) groups excluding carboxylic acids is 1. The van der Waals surface area contributed by atoms with Crippen molar-refractivity contribution in [1.29, 1.82) is 0 Å². The van der Waals surface area contributed by atoms with Crippen LogP contribution in [0.25, 0.3) is 5.69 Å². The third-order valence-electron chi connectivity index (χ3n) is 3.13. The van der Waals surface area contributed by atoms with Gasteiger partial charge in [-0.05, 0) is 23.8 Å². The first-order valence-corrected chi connectivity index (χ1v) is 7.09. The van der Waals surface area contributed by atoms with Crippen LogP contribution in [0.5, 0.6) is 0 Å². The molecular weight excluding hydrogens is 300 g/mol. The summed E-state index contributed by atoms with van der Waals surface area (Å²) in [5, 5.41) is 7.26. The molecule has 0 spiro atoms. The number of para-hydroxylation sites is 1. The molecule has 1 aromatic carbocycles. The molecule has 6 heteroatoms. The molecule has 0 aliphatic carbocycles. The van der Waals surface area contributed by atoms with Crippen molar-refractivity contribution in [3.63, 3.8) is 0 Å². The van der Waals surface area contributed by atoms with Gasteiger partial charge in [0.25, 0.3) is 5.91 Å². The Kier molecular flexibility index (Phi) is 4.16. The Bertz CT molecular complexity index is 771. The van der Waals surface area contributed by atoms with E-state index in [0.29, 0.717) is 12.1 Å². The SMILES string of the molecule is O=C(NCc1cccnc1)c1cnn(-c2ccccc2)c1Cl. The van der Waals surface area contributed by atoms with Crippen LogP contribution >= 0.6 is 11.6 Å². The predicted molar refractivity (Wildman–Crippen MR) is 84.0 cm³/mol. The van der Waals surface area contributed by atoms with Crippen LogP contribution in [-0.2, 0) is 6.54 Å². The number of benzene rings is 1. The number of halogens is 1. The van der Waals surface area contributed by atoms with Gasteiger partial charge in [0.1, 0.15) is 5.15 Å². The number of nitrogens with one attached hydrogen (secondary N) is 1. The van der Waals surface area contributed by atoms with E-state index in [4.69, 9.17) is 11.6 Å². The number of hydrogen-bond acceptors (Lipinski definition) is 3. The normalized spacial score (nSPS) is 10.4. The molecule has 0 aliphatic rings. The first-order chi connectivity index (χ1) is 10.8. The smallest absolute Gasteiger partial charge is 0.256 e. The molecule has 0 saturated carbocycles. The van der Waals surface area contributed by atoms with Gasteiger partial charge in [-0.2, -0.15) is 5.10 Å². The summed E-state index contributed by atoms with van der Waals surface area (Å²) in [7, 11) is 0. The van der Waals surface area contributed by atoms with E-state index in [1.54, 1.807) is 12.4 Å². The molecule has 22 heavy (non-hydrogen) atoms. The second-order valence-electron chi connectivity index (χ2n) is 4.64. The molecule has 0 bridgehead atoms. The van der Waals surface area contributed by atoms with Crippen molar-refractivity contribution in [3.8, 4) is 5.69 Å². The second kappa shape index (κ2) is 6.41. The molecule has 110 valence electrons. The van der Waals surface area contributed by atoms with Crippen LogP contribution < -0.4 is 5.32 Å². The third-order valence-corrected chi connectivity index (χ3v) is 3.50. The van der Waals surface area contributed by atoms with Gasteiger partial charge in [0.05, 0.1) is 17.4 Å². The Morgan fingerprint density at radius 3 is 2.68 bits per heavy atom. The maximum absolute atomic E-state index is 12.2. The summed E-state index contributed by atoms with van der Waals surface area (Å²) in [4.78, 5) is 16.2. The molecule has 1 amide bonds. The van der Waals surface area contributed by atoms with Crippen LogP contribution in [0.1, 0.15) is 15.9 Å². The summed E-state index contributed by atoms with van der Waals surface area (Å²) in [6.45, 7) is 0.388. The fourth-order valence-corrected chi connectivity index (χ4v) is 2.29. The zero-order chi connectivity index (χ0) is 15.4. The van der Waals surface area contributed by atoms with Crippen molar-refractivity contribution in [2.75, 3.05) is 0 Å². The highest BCUT2D eigenvalue weighted by molar-refractivity contribution is 6.33. The monoisotopic (exact) mass is 312 g/mol. The van der Waals surface area contributed by atoms with E-state index in [1.807, 2.05) is 42.5 Å². The third kappa shape index (κ3) is 2.99. The van der Waals surface area contributed by atoms with Crippen LogP contribution in [0, 0.1) is 0 Å². The Morgan fingerprint density at radius 2 is 1.95 bits per heavy atom. The average Bonchev–Trinajstić information content (AvgIpc) is 2.96. The number of nitrogens with zero attached hydrogens (tertiary/aromatic N) is 3. The second-order valence-corrected chi connectivity index (χ2v) is 5.00. The van der Waals surface area contributed by atoms with E-state index < -0.39 is 0 Å². The number of hydrogen-bond donors (Lipinski definition) is 1. The largest absolute Gasteiger partial charge is 0.348 e. The first kappa shape index (κ1) is 14.3. The molecule has 3 rings (SSSR count).